The summed E-state index contributed by atoms with van der Waals surface area (Å²) in [5, 5.41) is 0.688. The molecule has 0 unspecified atom stereocenters. The molecular weight excluding hydrogens is 376 g/mol. The van der Waals surface area contributed by atoms with Gasteiger partial charge in [0.1, 0.15) is 4.90 Å². The number of amides is 1. The lowest BCUT2D eigenvalue weighted by atomic mass is 10.0. The summed E-state index contributed by atoms with van der Waals surface area (Å²) in [6.07, 6.45) is 3.79. The smallest absolute Gasteiger partial charge is 0.289 e. The van der Waals surface area contributed by atoms with Crippen LogP contribution in [0.1, 0.15) is 66.8 Å². The molecule has 1 amide bonds. The second-order valence-corrected chi connectivity index (χ2v) is 9.51. The van der Waals surface area contributed by atoms with E-state index in [-0.39, 0.29) is 28.2 Å². The number of carbonyl (C=O) groups is 1. The van der Waals surface area contributed by atoms with Gasteiger partial charge in [-0.1, -0.05) is 6.92 Å². The molecule has 1 fully saturated rings. The summed E-state index contributed by atoms with van der Waals surface area (Å²) in [7, 11) is -3.77. The van der Waals surface area contributed by atoms with Crippen LogP contribution in [0.4, 0.5) is 0 Å². The molecule has 3 rings (SSSR count). The first-order valence-corrected chi connectivity index (χ1v) is 11.5. The fourth-order valence-electron chi connectivity index (χ4n) is 3.72. The minimum Gasteiger partial charge on any atom is -0.449 e. The van der Waals surface area contributed by atoms with Crippen molar-refractivity contribution in [2.24, 2.45) is 0 Å². The van der Waals surface area contributed by atoms with Crippen LogP contribution in [-0.2, 0) is 10.0 Å². The molecule has 1 N–H and O–H groups in total. The molecule has 1 atom stereocenters. The second kappa shape index (κ2) is 7.87. The van der Waals surface area contributed by atoms with Crippen molar-refractivity contribution in [1.82, 2.24) is 9.62 Å². The average molecular weight is 407 g/mol. The first kappa shape index (κ1) is 20.9. The van der Waals surface area contributed by atoms with E-state index in [2.05, 4.69) is 4.72 Å². The van der Waals surface area contributed by atoms with Crippen molar-refractivity contribution in [3.05, 3.63) is 28.5 Å². The molecule has 1 saturated heterocycles. The van der Waals surface area contributed by atoms with E-state index in [1.54, 1.807) is 11.8 Å². The van der Waals surface area contributed by atoms with E-state index in [1.807, 2.05) is 33.8 Å². The zero-order valence-corrected chi connectivity index (χ0v) is 18.2. The van der Waals surface area contributed by atoms with E-state index in [4.69, 9.17) is 4.42 Å². The molecular formula is C21H30N2O4S. The normalized spacial score (nSPS) is 16.5. The summed E-state index contributed by atoms with van der Waals surface area (Å²) in [5.74, 6) is 0.101. The van der Waals surface area contributed by atoms with Gasteiger partial charge in [-0.15, -0.1) is 0 Å². The number of sulfonamides is 1. The Kier molecular flexibility index (Phi) is 5.87. The Morgan fingerprint density at radius 3 is 2.43 bits per heavy atom. The minimum atomic E-state index is -3.77. The molecule has 154 valence electrons. The predicted octanol–water partition coefficient (Wildman–Crippen LogP) is 4.06. The molecule has 7 heteroatoms. The third-order valence-electron chi connectivity index (χ3n) is 5.77. The molecule has 1 aliphatic heterocycles. The highest BCUT2D eigenvalue weighted by molar-refractivity contribution is 7.89. The van der Waals surface area contributed by atoms with E-state index in [9.17, 15) is 13.2 Å². The van der Waals surface area contributed by atoms with E-state index in [1.165, 1.54) is 0 Å². The Labute approximate surface area is 167 Å². The highest BCUT2D eigenvalue weighted by Gasteiger charge is 2.30. The number of fused-ring (bicyclic) bond motifs is 1. The fraction of sp³-hybridized carbons (Fsp3) is 0.571. The highest BCUT2D eigenvalue weighted by atomic mass is 32.2. The topological polar surface area (TPSA) is 79.6 Å². The number of piperidine rings is 1. The number of nitrogens with zero attached hydrogens (tertiary/aromatic N) is 1. The van der Waals surface area contributed by atoms with Crippen molar-refractivity contribution in [3.63, 3.8) is 0 Å². The zero-order chi connectivity index (χ0) is 20.6. The Morgan fingerprint density at radius 1 is 1.18 bits per heavy atom. The molecule has 0 bridgehead atoms. The number of nitrogens with one attached hydrogen (secondary N) is 1. The van der Waals surface area contributed by atoms with Crippen molar-refractivity contribution in [2.45, 2.75) is 71.2 Å². The van der Waals surface area contributed by atoms with Gasteiger partial charge in [0, 0.05) is 30.1 Å². The van der Waals surface area contributed by atoms with Gasteiger partial charge in [0.25, 0.3) is 5.91 Å². The first-order valence-electron chi connectivity index (χ1n) is 10.0. The van der Waals surface area contributed by atoms with Crippen LogP contribution in [0.2, 0.25) is 0 Å². The third kappa shape index (κ3) is 3.70. The summed E-state index contributed by atoms with van der Waals surface area (Å²) >= 11 is 0. The lowest BCUT2D eigenvalue weighted by molar-refractivity contribution is 0.0693. The number of benzene rings is 1. The van der Waals surface area contributed by atoms with E-state index in [0.29, 0.717) is 36.0 Å². The number of hydrogen-bond acceptors (Lipinski definition) is 4. The van der Waals surface area contributed by atoms with E-state index < -0.39 is 10.0 Å². The van der Waals surface area contributed by atoms with Crippen LogP contribution in [0, 0.1) is 20.8 Å². The molecule has 1 aromatic carbocycles. The standard InChI is InChI=1S/C21H30N2O4S/c1-6-14(3)22-28(25,26)20-15(4)13(2)12-17-16(5)18(27-19(17)20)21(24)23-10-8-7-9-11-23/h12,14,22H,6-11H2,1-5H3/t14-/m0/s1. The second-order valence-electron chi connectivity index (χ2n) is 7.86. The van der Waals surface area contributed by atoms with Crippen molar-refractivity contribution in [1.29, 1.82) is 0 Å². The zero-order valence-electron chi connectivity index (χ0n) is 17.4. The molecule has 1 aliphatic rings. The molecule has 6 nitrogen and oxygen atoms in total. The van der Waals surface area contributed by atoms with Crippen LogP contribution in [0.5, 0.6) is 0 Å². The van der Waals surface area contributed by atoms with Gasteiger partial charge in [-0.2, -0.15) is 0 Å². The molecule has 2 heterocycles. The molecule has 0 spiro atoms. The maximum absolute atomic E-state index is 13.1. The van der Waals surface area contributed by atoms with Crippen molar-refractivity contribution >= 4 is 26.9 Å². The summed E-state index contributed by atoms with van der Waals surface area (Å²) < 4.78 is 34.9. The maximum atomic E-state index is 13.1. The molecule has 28 heavy (non-hydrogen) atoms. The van der Waals surface area contributed by atoms with E-state index in [0.717, 1.165) is 24.8 Å². The molecule has 2 aromatic rings. The maximum Gasteiger partial charge on any atom is 0.289 e. The SMILES string of the molecule is CC[C@H](C)NS(=O)(=O)c1c(C)c(C)cc2c(C)c(C(=O)N3CCCCC3)oc12. The first-order chi connectivity index (χ1) is 13.2. The quantitative estimate of drug-likeness (QED) is 0.812. The molecule has 0 radical (unpaired) electrons. The van der Waals surface area contributed by atoms with Crippen LogP contribution in [0.3, 0.4) is 0 Å². The Morgan fingerprint density at radius 2 is 1.82 bits per heavy atom. The van der Waals surface area contributed by atoms with Crippen LogP contribution in [0.15, 0.2) is 15.4 Å². The predicted molar refractivity (Wildman–Crippen MR) is 110 cm³/mol. The Hall–Kier alpha value is -1.86. The van der Waals surface area contributed by atoms with Crippen LogP contribution >= 0.6 is 0 Å². The average Bonchev–Trinajstić information content (AvgIpc) is 2.98. The number of carbonyl (C=O) groups excluding carboxylic acids is 1. The lowest BCUT2D eigenvalue weighted by Crippen LogP contribution is -2.35. The molecule has 1 aromatic heterocycles. The van der Waals surface area contributed by atoms with Gasteiger partial charge < -0.3 is 9.32 Å². The molecule has 0 saturated carbocycles. The number of furan rings is 1. The van der Waals surface area contributed by atoms with Crippen molar-refractivity contribution in [2.75, 3.05) is 13.1 Å². The van der Waals surface area contributed by atoms with Gasteiger partial charge in [-0.05, 0) is 70.6 Å². The number of hydrogen-bond donors (Lipinski definition) is 1. The van der Waals surface area contributed by atoms with Gasteiger partial charge in [-0.3, -0.25) is 4.79 Å². The summed E-state index contributed by atoms with van der Waals surface area (Å²) in [4.78, 5) is 15.0. The monoisotopic (exact) mass is 406 g/mol. The van der Waals surface area contributed by atoms with Gasteiger partial charge in [0.05, 0.1) is 0 Å². The van der Waals surface area contributed by atoms with Gasteiger partial charge in [-0.25, -0.2) is 13.1 Å². The third-order valence-corrected chi connectivity index (χ3v) is 7.51. The van der Waals surface area contributed by atoms with Crippen LogP contribution in [0.25, 0.3) is 11.0 Å². The molecule has 0 aliphatic carbocycles. The number of likely N-dealkylation sites (tertiary alicyclic amines) is 1. The van der Waals surface area contributed by atoms with Crippen LogP contribution < -0.4 is 4.72 Å². The summed E-state index contributed by atoms with van der Waals surface area (Å²) in [5.41, 5.74) is 2.48. The number of rotatable bonds is 5. The summed E-state index contributed by atoms with van der Waals surface area (Å²) in [6, 6.07) is 1.73. The fourth-order valence-corrected chi connectivity index (χ4v) is 5.49. The van der Waals surface area contributed by atoms with Gasteiger partial charge >= 0.3 is 0 Å². The highest BCUT2D eigenvalue weighted by Crippen LogP contribution is 2.35. The van der Waals surface area contributed by atoms with Crippen molar-refractivity contribution in [3.8, 4) is 0 Å². The minimum absolute atomic E-state index is 0.142. The Balaban J connectivity index is 2.17. The largest absolute Gasteiger partial charge is 0.449 e. The van der Waals surface area contributed by atoms with Gasteiger partial charge in [0.2, 0.25) is 10.0 Å². The Bertz CT molecular complexity index is 1000. The van der Waals surface area contributed by atoms with Crippen molar-refractivity contribution < 1.29 is 17.6 Å². The number of aryl methyl sites for hydroxylation is 2. The summed E-state index contributed by atoms with van der Waals surface area (Å²) in [6.45, 7) is 10.7. The van der Waals surface area contributed by atoms with E-state index >= 15 is 0 Å². The van der Waals surface area contributed by atoms with Crippen LogP contribution in [-0.4, -0.2) is 38.4 Å². The lowest BCUT2D eigenvalue weighted by Gasteiger charge is -2.25. The van der Waals surface area contributed by atoms with Gasteiger partial charge in [0.15, 0.2) is 11.3 Å².